The summed E-state index contributed by atoms with van der Waals surface area (Å²) in [6, 6.07) is -0.933. The molecule has 0 amide bonds. The van der Waals surface area contributed by atoms with Gasteiger partial charge in [-0.2, -0.15) is 0 Å². The highest BCUT2D eigenvalue weighted by Gasteiger charge is 2.13. The lowest BCUT2D eigenvalue weighted by Crippen LogP contribution is -2.25. The van der Waals surface area contributed by atoms with Crippen LogP contribution in [0.5, 0.6) is 0 Å². The Morgan fingerprint density at radius 2 is 2.10 bits per heavy atom. The van der Waals surface area contributed by atoms with Gasteiger partial charge in [0, 0.05) is 12.5 Å². The molecule has 10 heavy (non-hydrogen) atoms. The minimum atomic E-state index is -2.52. The van der Waals surface area contributed by atoms with E-state index in [2.05, 4.69) is 0 Å². The molecule has 0 fully saturated rings. The zero-order valence-electron chi connectivity index (χ0n) is 5.26. The van der Waals surface area contributed by atoms with E-state index in [4.69, 9.17) is 10.8 Å². The monoisotopic (exact) mass is 153 g/mol. The van der Waals surface area contributed by atoms with Crippen molar-refractivity contribution in [2.45, 2.75) is 25.3 Å². The predicted octanol–water partition coefficient (Wildman–Crippen LogP) is 0.444. The Labute approximate surface area is 56.8 Å². The number of carboxylic acid groups (broad SMARTS) is 1. The van der Waals surface area contributed by atoms with Crippen molar-refractivity contribution in [2.24, 2.45) is 5.73 Å². The first-order valence-corrected chi connectivity index (χ1v) is 2.78. The van der Waals surface area contributed by atoms with Crippen molar-refractivity contribution >= 4 is 5.97 Å². The van der Waals surface area contributed by atoms with Crippen molar-refractivity contribution in [1.29, 1.82) is 0 Å². The van der Waals surface area contributed by atoms with Crippen LogP contribution in [0.3, 0.4) is 0 Å². The molecule has 0 saturated heterocycles. The molecule has 0 spiro atoms. The molecule has 1 unspecified atom stereocenters. The van der Waals surface area contributed by atoms with E-state index in [0.717, 1.165) is 0 Å². The summed E-state index contributed by atoms with van der Waals surface area (Å²) in [5.41, 5.74) is 5.01. The molecule has 1 atom stereocenters. The molecular formula is C5H9F2NO2. The summed E-state index contributed by atoms with van der Waals surface area (Å²) in [7, 11) is 0. The smallest absolute Gasteiger partial charge is 0.304 e. The fraction of sp³-hybridized carbons (Fsp3) is 0.800. The molecule has 3 N–H and O–H groups in total. The highest BCUT2D eigenvalue weighted by Crippen LogP contribution is 2.04. The van der Waals surface area contributed by atoms with Gasteiger partial charge in [-0.05, 0) is 0 Å². The van der Waals surface area contributed by atoms with Gasteiger partial charge in [0.05, 0.1) is 6.42 Å². The standard InChI is InChI=1S/C5H9F2NO2/c6-4(7)1-3(8)2-5(9)10/h3-4H,1-2,8H2,(H,9,10). The normalized spacial score (nSPS) is 13.6. The highest BCUT2D eigenvalue weighted by molar-refractivity contribution is 5.67. The number of hydrogen-bond donors (Lipinski definition) is 2. The molecule has 0 saturated carbocycles. The number of halogens is 2. The van der Waals surface area contributed by atoms with Gasteiger partial charge in [-0.1, -0.05) is 0 Å². The zero-order chi connectivity index (χ0) is 8.15. The predicted molar refractivity (Wildman–Crippen MR) is 30.8 cm³/mol. The van der Waals surface area contributed by atoms with Crippen LogP contribution in [-0.2, 0) is 4.79 Å². The molecule has 0 rings (SSSR count). The maximum absolute atomic E-state index is 11.5. The lowest BCUT2D eigenvalue weighted by atomic mass is 10.1. The third-order valence-electron chi connectivity index (χ3n) is 0.918. The van der Waals surface area contributed by atoms with E-state index < -0.39 is 31.3 Å². The van der Waals surface area contributed by atoms with Crippen LogP contribution in [0.2, 0.25) is 0 Å². The van der Waals surface area contributed by atoms with E-state index in [1.54, 1.807) is 0 Å². The molecule has 0 heterocycles. The number of carboxylic acids is 1. The Balaban J connectivity index is 3.43. The van der Waals surface area contributed by atoms with Gasteiger partial charge in [0.2, 0.25) is 6.43 Å². The van der Waals surface area contributed by atoms with Crippen LogP contribution in [0.25, 0.3) is 0 Å². The molecule has 60 valence electrons. The molecule has 0 aliphatic heterocycles. The van der Waals surface area contributed by atoms with E-state index in [9.17, 15) is 13.6 Å². The van der Waals surface area contributed by atoms with E-state index in [1.165, 1.54) is 0 Å². The van der Waals surface area contributed by atoms with Crippen LogP contribution >= 0.6 is 0 Å². The molecule has 0 bridgehead atoms. The maximum atomic E-state index is 11.5. The van der Waals surface area contributed by atoms with Crippen LogP contribution in [0.1, 0.15) is 12.8 Å². The summed E-state index contributed by atoms with van der Waals surface area (Å²) >= 11 is 0. The summed E-state index contributed by atoms with van der Waals surface area (Å²) in [5, 5.41) is 8.07. The van der Waals surface area contributed by atoms with Gasteiger partial charge in [-0.15, -0.1) is 0 Å². The zero-order valence-corrected chi connectivity index (χ0v) is 5.26. The van der Waals surface area contributed by atoms with Crippen LogP contribution < -0.4 is 5.73 Å². The first-order valence-electron chi connectivity index (χ1n) is 2.78. The lowest BCUT2D eigenvalue weighted by molar-refractivity contribution is -0.137. The molecule has 0 aromatic carbocycles. The first-order chi connectivity index (χ1) is 4.52. The fourth-order valence-electron chi connectivity index (χ4n) is 0.536. The van der Waals surface area contributed by atoms with Crippen molar-refractivity contribution in [2.75, 3.05) is 0 Å². The van der Waals surface area contributed by atoms with E-state index in [1.807, 2.05) is 0 Å². The average molecular weight is 153 g/mol. The van der Waals surface area contributed by atoms with Gasteiger partial charge in [0.1, 0.15) is 0 Å². The van der Waals surface area contributed by atoms with E-state index in [-0.39, 0.29) is 0 Å². The SMILES string of the molecule is NC(CC(=O)O)CC(F)F. The molecule has 0 radical (unpaired) electrons. The largest absolute Gasteiger partial charge is 0.481 e. The topological polar surface area (TPSA) is 63.3 Å². The lowest BCUT2D eigenvalue weighted by Gasteiger charge is -2.05. The number of nitrogens with two attached hydrogens (primary N) is 1. The second-order valence-electron chi connectivity index (χ2n) is 1.98. The Morgan fingerprint density at radius 3 is 2.40 bits per heavy atom. The van der Waals surface area contributed by atoms with Crippen molar-refractivity contribution in [3.63, 3.8) is 0 Å². The number of aliphatic carboxylic acids is 1. The summed E-state index contributed by atoms with van der Waals surface area (Å²) in [6.07, 6.45) is -3.47. The quantitative estimate of drug-likeness (QED) is 0.616. The van der Waals surface area contributed by atoms with E-state index >= 15 is 0 Å². The molecule has 0 aliphatic rings. The summed E-state index contributed by atoms with van der Waals surface area (Å²) < 4.78 is 22.9. The van der Waals surface area contributed by atoms with Gasteiger partial charge in [-0.25, -0.2) is 8.78 Å². The fourth-order valence-corrected chi connectivity index (χ4v) is 0.536. The van der Waals surface area contributed by atoms with E-state index in [0.29, 0.717) is 0 Å². The molecule has 3 nitrogen and oxygen atoms in total. The van der Waals surface area contributed by atoms with Crippen molar-refractivity contribution in [3.05, 3.63) is 0 Å². The Kier molecular flexibility index (Phi) is 3.87. The Hall–Kier alpha value is -0.710. The minimum absolute atomic E-state index is 0.398. The van der Waals surface area contributed by atoms with Crippen molar-refractivity contribution < 1.29 is 18.7 Å². The third kappa shape index (κ3) is 5.43. The molecular weight excluding hydrogens is 144 g/mol. The van der Waals surface area contributed by atoms with Gasteiger partial charge >= 0.3 is 5.97 Å². The molecule has 0 aromatic rings. The third-order valence-corrected chi connectivity index (χ3v) is 0.918. The van der Waals surface area contributed by atoms with Crippen LogP contribution in [0.15, 0.2) is 0 Å². The maximum Gasteiger partial charge on any atom is 0.304 e. The Bertz CT molecular complexity index is 118. The second kappa shape index (κ2) is 4.16. The van der Waals surface area contributed by atoms with Gasteiger partial charge < -0.3 is 10.8 Å². The summed E-state index contributed by atoms with van der Waals surface area (Å²) in [6.45, 7) is 0. The van der Waals surface area contributed by atoms with Crippen molar-refractivity contribution in [3.8, 4) is 0 Å². The first kappa shape index (κ1) is 9.29. The Morgan fingerprint density at radius 1 is 1.60 bits per heavy atom. The van der Waals surface area contributed by atoms with Crippen LogP contribution in [-0.4, -0.2) is 23.5 Å². The number of rotatable bonds is 4. The number of carbonyl (C=O) groups is 1. The molecule has 0 aliphatic carbocycles. The van der Waals surface area contributed by atoms with Gasteiger partial charge in [0.25, 0.3) is 0 Å². The van der Waals surface area contributed by atoms with Gasteiger partial charge in [-0.3, -0.25) is 4.79 Å². The minimum Gasteiger partial charge on any atom is -0.481 e. The van der Waals surface area contributed by atoms with Crippen molar-refractivity contribution in [1.82, 2.24) is 0 Å². The highest BCUT2D eigenvalue weighted by atomic mass is 19.3. The molecule has 5 heteroatoms. The van der Waals surface area contributed by atoms with Gasteiger partial charge in [0.15, 0.2) is 0 Å². The van der Waals surface area contributed by atoms with Crippen LogP contribution in [0, 0.1) is 0 Å². The number of hydrogen-bond acceptors (Lipinski definition) is 2. The molecule has 0 aromatic heterocycles. The summed E-state index contributed by atoms with van der Waals surface area (Å²) in [5.74, 6) is -1.15. The second-order valence-corrected chi connectivity index (χ2v) is 1.98. The van der Waals surface area contributed by atoms with Crippen LogP contribution in [0.4, 0.5) is 8.78 Å². The average Bonchev–Trinajstić information content (AvgIpc) is 1.58. The number of alkyl halides is 2. The summed E-state index contributed by atoms with van der Waals surface area (Å²) in [4.78, 5) is 9.87.